The highest BCUT2D eigenvalue weighted by atomic mass is 19.1. The Bertz CT molecular complexity index is 395. The molecule has 19 heavy (non-hydrogen) atoms. The summed E-state index contributed by atoms with van der Waals surface area (Å²) in [5, 5.41) is 12.3. The van der Waals surface area contributed by atoms with Crippen molar-refractivity contribution in [1.29, 1.82) is 0 Å². The Kier molecular flexibility index (Phi) is 5.44. The third-order valence-electron chi connectivity index (χ3n) is 3.35. The highest BCUT2D eigenvalue weighted by Crippen LogP contribution is 2.27. The molecule has 0 saturated carbocycles. The van der Waals surface area contributed by atoms with Crippen LogP contribution < -0.4 is 5.32 Å². The molecule has 2 nitrogen and oxygen atoms in total. The fourth-order valence-corrected chi connectivity index (χ4v) is 2.20. The minimum Gasteiger partial charge on any atom is -0.396 e. The van der Waals surface area contributed by atoms with Crippen LogP contribution in [0.25, 0.3) is 0 Å². The number of halogens is 2. The molecule has 0 spiro atoms. The van der Waals surface area contributed by atoms with Crippen LogP contribution in [-0.4, -0.2) is 17.8 Å². The van der Waals surface area contributed by atoms with E-state index in [-0.39, 0.29) is 23.6 Å². The van der Waals surface area contributed by atoms with Gasteiger partial charge in [0.15, 0.2) is 0 Å². The summed E-state index contributed by atoms with van der Waals surface area (Å²) in [6.45, 7) is 7.87. The molecule has 2 unspecified atom stereocenters. The number of hydrogen-bond donors (Lipinski definition) is 2. The topological polar surface area (TPSA) is 32.3 Å². The molecule has 0 aromatic heterocycles. The van der Waals surface area contributed by atoms with Crippen LogP contribution in [0.5, 0.6) is 0 Å². The Morgan fingerprint density at radius 2 is 1.74 bits per heavy atom. The lowest BCUT2D eigenvalue weighted by Gasteiger charge is -2.34. The van der Waals surface area contributed by atoms with E-state index in [2.05, 4.69) is 5.32 Å². The number of nitrogens with one attached hydrogen (secondary N) is 1. The molecule has 108 valence electrons. The van der Waals surface area contributed by atoms with E-state index >= 15 is 0 Å². The molecule has 0 bridgehead atoms. The van der Waals surface area contributed by atoms with Crippen LogP contribution in [0.15, 0.2) is 18.2 Å². The Balaban J connectivity index is 2.91. The lowest BCUT2D eigenvalue weighted by atomic mass is 9.84. The first-order valence-corrected chi connectivity index (χ1v) is 6.58. The van der Waals surface area contributed by atoms with Gasteiger partial charge in [0.2, 0.25) is 0 Å². The first-order valence-electron chi connectivity index (χ1n) is 6.58. The van der Waals surface area contributed by atoms with Crippen molar-refractivity contribution in [1.82, 2.24) is 5.32 Å². The van der Waals surface area contributed by atoms with E-state index in [1.54, 1.807) is 6.92 Å². The molecule has 0 radical (unpaired) electrons. The summed E-state index contributed by atoms with van der Waals surface area (Å²) in [4.78, 5) is 0. The Morgan fingerprint density at radius 3 is 2.16 bits per heavy atom. The Labute approximate surface area is 113 Å². The lowest BCUT2D eigenvalue weighted by molar-refractivity contribution is 0.186. The highest BCUT2D eigenvalue weighted by molar-refractivity contribution is 5.23. The molecule has 0 aliphatic rings. The van der Waals surface area contributed by atoms with Crippen LogP contribution in [-0.2, 0) is 0 Å². The minimum atomic E-state index is -0.545. The molecule has 0 saturated heterocycles. The summed E-state index contributed by atoms with van der Waals surface area (Å²) in [7, 11) is 0. The molecule has 0 heterocycles. The zero-order chi connectivity index (χ0) is 14.6. The van der Waals surface area contributed by atoms with Gasteiger partial charge in [0.1, 0.15) is 11.6 Å². The van der Waals surface area contributed by atoms with E-state index in [1.165, 1.54) is 18.2 Å². The zero-order valence-corrected chi connectivity index (χ0v) is 12.0. The maximum atomic E-state index is 13.7. The standard InChI is InChI=1S/C15H23F2NO/c1-10(14-11(16)6-5-7-12(14)17)18-13(8-9-19)15(2,3)4/h5-7,10,13,18-19H,8-9H2,1-4H3. The highest BCUT2D eigenvalue weighted by Gasteiger charge is 2.27. The van der Waals surface area contributed by atoms with Crippen LogP contribution in [0.2, 0.25) is 0 Å². The summed E-state index contributed by atoms with van der Waals surface area (Å²) in [5.74, 6) is -1.09. The van der Waals surface area contributed by atoms with E-state index in [4.69, 9.17) is 5.11 Å². The van der Waals surface area contributed by atoms with Crippen molar-refractivity contribution in [3.05, 3.63) is 35.4 Å². The van der Waals surface area contributed by atoms with Gasteiger partial charge in [0, 0.05) is 24.3 Å². The predicted octanol–water partition coefficient (Wildman–Crippen LogP) is 3.41. The van der Waals surface area contributed by atoms with Crippen LogP contribution in [0.4, 0.5) is 8.78 Å². The SMILES string of the molecule is CC(NC(CCO)C(C)(C)C)c1c(F)cccc1F. The maximum Gasteiger partial charge on any atom is 0.130 e. The third-order valence-corrected chi connectivity index (χ3v) is 3.35. The van der Waals surface area contributed by atoms with Gasteiger partial charge in [-0.25, -0.2) is 8.78 Å². The van der Waals surface area contributed by atoms with Crippen LogP contribution in [0, 0.1) is 17.0 Å². The van der Waals surface area contributed by atoms with Gasteiger partial charge in [-0.05, 0) is 30.9 Å². The summed E-state index contributed by atoms with van der Waals surface area (Å²) < 4.78 is 27.4. The largest absolute Gasteiger partial charge is 0.396 e. The number of aliphatic hydroxyl groups excluding tert-OH is 1. The van der Waals surface area contributed by atoms with Crippen LogP contribution in [0.1, 0.15) is 45.7 Å². The second-order valence-electron chi connectivity index (χ2n) is 5.95. The number of rotatable bonds is 5. The minimum absolute atomic E-state index is 0.0218. The van der Waals surface area contributed by atoms with E-state index < -0.39 is 17.7 Å². The van der Waals surface area contributed by atoms with Gasteiger partial charge < -0.3 is 10.4 Å². The average Bonchev–Trinajstić information content (AvgIpc) is 2.27. The van der Waals surface area contributed by atoms with E-state index in [9.17, 15) is 8.78 Å². The van der Waals surface area contributed by atoms with Crippen molar-refractivity contribution in [3.8, 4) is 0 Å². The van der Waals surface area contributed by atoms with Crippen molar-refractivity contribution in [2.24, 2.45) is 5.41 Å². The zero-order valence-electron chi connectivity index (χ0n) is 12.0. The first kappa shape index (κ1) is 16.1. The monoisotopic (exact) mass is 271 g/mol. The predicted molar refractivity (Wildman–Crippen MR) is 72.9 cm³/mol. The van der Waals surface area contributed by atoms with E-state index in [0.717, 1.165) is 0 Å². The van der Waals surface area contributed by atoms with E-state index in [1.807, 2.05) is 20.8 Å². The number of hydrogen-bond acceptors (Lipinski definition) is 2. The van der Waals surface area contributed by atoms with Crippen LogP contribution in [0.3, 0.4) is 0 Å². The molecule has 1 rings (SSSR count). The van der Waals surface area contributed by atoms with Crippen molar-refractivity contribution in [2.45, 2.75) is 46.2 Å². The molecule has 1 aromatic rings. The molecule has 2 N–H and O–H groups in total. The number of aliphatic hydroxyl groups is 1. The molecule has 0 fully saturated rings. The van der Waals surface area contributed by atoms with Gasteiger partial charge in [0.25, 0.3) is 0 Å². The summed E-state index contributed by atoms with van der Waals surface area (Å²) in [5.41, 5.74) is -0.0479. The van der Waals surface area contributed by atoms with Crippen molar-refractivity contribution in [3.63, 3.8) is 0 Å². The summed E-state index contributed by atoms with van der Waals surface area (Å²) >= 11 is 0. The first-order chi connectivity index (χ1) is 8.77. The second kappa shape index (κ2) is 6.44. The van der Waals surface area contributed by atoms with E-state index in [0.29, 0.717) is 6.42 Å². The fraction of sp³-hybridized carbons (Fsp3) is 0.600. The molecule has 0 aliphatic carbocycles. The van der Waals surface area contributed by atoms with Crippen molar-refractivity contribution < 1.29 is 13.9 Å². The Morgan fingerprint density at radius 1 is 1.21 bits per heavy atom. The van der Waals surface area contributed by atoms with Crippen molar-refractivity contribution >= 4 is 0 Å². The third kappa shape index (κ3) is 4.25. The van der Waals surface area contributed by atoms with Crippen LogP contribution >= 0.6 is 0 Å². The molecular weight excluding hydrogens is 248 g/mol. The van der Waals surface area contributed by atoms with Gasteiger partial charge in [-0.15, -0.1) is 0 Å². The smallest absolute Gasteiger partial charge is 0.130 e. The maximum absolute atomic E-state index is 13.7. The second-order valence-corrected chi connectivity index (χ2v) is 5.95. The fourth-order valence-electron chi connectivity index (χ4n) is 2.20. The normalized spacial score (nSPS) is 15.3. The van der Waals surface area contributed by atoms with Crippen molar-refractivity contribution in [2.75, 3.05) is 6.61 Å². The molecular formula is C15H23F2NO. The van der Waals surface area contributed by atoms with Gasteiger partial charge >= 0.3 is 0 Å². The molecule has 2 atom stereocenters. The Hall–Kier alpha value is -1.00. The van der Waals surface area contributed by atoms with Gasteiger partial charge in [-0.2, -0.15) is 0 Å². The molecule has 0 amide bonds. The quantitative estimate of drug-likeness (QED) is 0.860. The summed E-state index contributed by atoms with van der Waals surface area (Å²) in [6, 6.07) is 3.41. The van der Waals surface area contributed by atoms with Gasteiger partial charge in [0.05, 0.1) is 0 Å². The molecule has 1 aromatic carbocycles. The lowest BCUT2D eigenvalue weighted by Crippen LogP contribution is -2.42. The summed E-state index contributed by atoms with van der Waals surface area (Å²) in [6.07, 6.45) is 0.546. The number of benzene rings is 1. The van der Waals surface area contributed by atoms with Gasteiger partial charge in [-0.3, -0.25) is 0 Å². The molecule has 4 heteroatoms. The van der Waals surface area contributed by atoms with Gasteiger partial charge in [-0.1, -0.05) is 26.8 Å². The molecule has 0 aliphatic heterocycles. The average molecular weight is 271 g/mol.